The first-order chi connectivity index (χ1) is 18.6. The fraction of sp³-hybridized carbons (Fsp3) is 0.375. The highest BCUT2D eigenvalue weighted by Crippen LogP contribution is 2.23. The van der Waals surface area contributed by atoms with Crippen LogP contribution in [0, 0.1) is 0 Å². The number of amides is 3. The molecule has 3 aromatic carbocycles. The van der Waals surface area contributed by atoms with Gasteiger partial charge in [0.15, 0.2) is 0 Å². The monoisotopic (exact) mass is 510 g/mol. The van der Waals surface area contributed by atoms with Gasteiger partial charge in [0.25, 0.3) is 5.91 Å². The van der Waals surface area contributed by atoms with Crippen LogP contribution in [-0.4, -0.2) is 78.5 Å². The Kier molecular flexibility index (Phi) is 8.39. The van der Waals surface area contributed by atoms with Gasteiger partial charge in [0, 0.05) is 44.8 Å². The summed E-state index contributed by atoms with van der Waals surface area (Å²) in [5, 5.41) is 3.64. The molecule has 2 fully saturated rings. The molecule has 0 saturated carbocycles. The second-order valence-electron chi connectivity index (χ2n) is 10.5. The number of rotatable bonds is 8. The van der Waals surface area contributed by atoms with Crippen molar-refractivity contribution in [1.29, 1.82) is 0 Å². The van der Waals surface area contributed by atoms with E-state index >= 15 is 0 Å². The van der Waals surface area contributed by atoms with E-state index in [2.05, 4.69) is 47.8 Å². The molecular formula is C32H38N4O2. The van der Waals surface area contributed by atoms with Gasteiger partial charge in [0.1, 0.15) is 0 Å². The number of carbonyl (C=O) groups excluding carboxylic acids is 2. The topological polar surface area (TPSA) is 55.9 Å². The lowest BCUT2D eigenvalue weighted by molar-refractivity contribution is 0.0735. The fourth-order valence-corrected chi connectivity index (χ4v) is 5.58. The lowest BCUT2D eigenvalue weighted by Gasteiger charge is -2.27. The van der Waals surface area contributed by atoms with Crippen LogP contribution in [0.2, 0.25) is 0 Å². The highest BCUT2D eigenvalue weighted by Gasteiger charge is 2.35. The van der Waals surface area contributed by atoms with Crippen LogP contribution in [0.1, 0.15) is 35.2 Å². The van der Waals surface area contributed by atoms with Crippen LogP contribution in [-0.2, 0) is 6.42 Å². The van der Waals surface area contributed by atoms with Gasteiger partial charge in [-0.3, -0.25) is 4.79 Å². The van der Waals surface area contributed by atoms with Crippen molar-refractivity contribution in [2.45, 2.75) is 37.8 Å². The van der Waals surface area contributed by atoms with Crippen LogP contribution >= 0.6 is 0 Å². The van der Waals surface area contributed by atoms with E-state index in [1.165, 1.54) is 5.56 Å². The third-order valence-electron chi connectivity index (χ3n) is 7.92. The Morgan fingerprint density at radius 1 is 0.816 bits per heavy atom. The number of carbonyl (C=O) groups is 2. The molecule has 2 aliphatic heterocycles. The average Bonchev–Trinajstić information content (AvgIpc) is 3.66. The molecule has 5 rings (SSSR count). The summed E-state index contributed by atoms with van der Waals surface area (Å²) in [7, 11) is 1.86. The number of likely N-dealkylation sites (tertiary alicyclic amines) is 2. The Hall–Kier alpha value is -3.64. The number of nitrogens with zero attached hydrogens (tertiary/aromatic N) is 3. The Bertz CT molecular complexity index is 1200. The van der Waals surface area contributed by atoms with Gasteiger partial charge in [-0.05, 0) is 61.1 Å². The molecule has 198 valence electrons. The summed E-state index contributed by atoms with van der Waals surface area (Å²) in [6.45, 7) is 3.80. The lowest BCUT2D eigenvalue weighted by Crippen LogP contribution is -2.45. The summed E-state index contributed by atoms with van der Waals surface area (Å²) in [5.74, 6) is 0.00449. The van der Waals surface area contributed by atoms with Gasteiger partial charge in [-0.2, -0.15) is 0 Å². The SMILES string of the molecule is CN(C(=O)c1ccc(-c2ccccc2)cc1)[C@H]1CCN(C(=O)N2CCC(NCCCc3ccccc3)C2)C1. The zero-order valence-corrected chi connectivity index (χ0v) is 22.3. The van der Waals surface area contributed by atoms with Crippen LogP contribution in [0.5, 0.6) is 0 Å². The first-order valence-electron chi connectivity index (χ1n) is 13.8. The Labute approximate surface area is 226 Å². The predicted octanol–water partition coefficient (Wildman–Crippen LogP) is 4.92. The number of benzene rings is 3. The van der Waals surface area contributed by atoms with Gasteiger partial charge >= 0.3 is 6.03 Å². The van der Waals surface area contributed by atoms with Gasteiger partial charge in [-0.1, -0.05) is 72.8 Å². The number of aryl methyl sites for hydroxylation is 1. The van der Waals surface area contributed by atoms with E-state index in [0.29, 0.717) is 24.7 Å². The quantitative estimate of drug-likeness (QED) is 0.438. The maximum absolute atomic E-state index is 13.2. The van der Waals surface area contributed by atoms with E-state index in [1.807, 2.05) is 64.2 Å². The molecule has 0 spiro atoms. The molecule has 0 bridgehead atoms. The minimum Gasteiger partial charge on any atom is -0.337 e. The zero-order chi connectivity index (χ0) is 26.3. The second-order valence-corrected chi connectivity index (χ2v) is 10.5. The number of hydrogen-bond acceptors (Lipinski definition) is 3. The van der Waals surface area contributed by atoms with Gasteiger partial charge in [0.05, 0.1) is 6.04 Å². The average molecular weight is 511 g/mol. The molecule has 2 heterocycles. The van der Waals surface area contributed by atoms with Crippen molar-refractivity contribution in [2.75, 3.05) is 39.8 Å². The molecule has 3 amide bonds. The minimum atomic E-state index is 0.00449. The van der Waals surface area contributed by atoms with Crippen LogP contribution in [0.3, 0.4) is 0 Å². The maximum atomic E-state index is 13.2. The summed E-state index contributed by atoms with van der Waals surface area (Å²) in [6, 6.07) is 29.0. The maximum Gasteiger partial charge on any atom is 0.320 e. The van der Waals surface area contributed by atoms with Crippen LogP contribution in [0.15, 0.2) is 84.9 Å². The standard InChI is InChI=1S/C32H38N4O2/c1-34(31(37)28-16-14-27(15-17-28)26-12-6-3-7-13-26)30-19-22-36(24-30)32(38)35-21-18-29(23-35)33-20-8-11-25-9-4-2-5-10-25/h2-7,9-10,12-17,29-30,33H,8,11,18-24H2,1H3/t29?,30-/m0/s1. The normalized spacial score (nSPS) is 19.1. The second kappa shape index (κ2) is 12.3. The first-order valence-corrected chi connectivity index (χ1v) is 13.8. The summed E-state index contributed by atoms with van der Waals surface area (Å²) < 4.78 is 0. The van der Waals surface area contributed by atoms with Crippen molar-refractivity contribution < 1.29 is 9.59 Å². The fourth-order valence-electron chi connectivity index (χ4n) is 5.58. The molecule has 1 N–H and O–H groups in total. The van der Waals surface area contributed by atoms with Crippen LogP contribution in [0.25, 0.3) is 11.1 Å². The number of likely N-dealkylation sites (N-methyl/N-ethyl adjacent to an activating group) is 1. The van der Waals surface area contributed by atoms with E-state index in [1.54, 1.807) is 0 Å². The Balaban J connectivity index is 1.07. The third-order valence-corrected chi connectivity index (χ3v) is 7.92. The highest BCUT2D eigenvalue weighted by atomic mass is 16.2. The summed E-state index contributed by atoms with van der Waals surface area (Å²) in [5.41, 5.74) is 4.28. The van der Waals surface area contributed by atoms with Crippen molar-refractivity contribution >= 4 is 11.9 Å². The minimum absolute atomic E-state index is 0.00449. The molecule has 2 saturated heterocycles. The molecule has 2 atom stereocenters. The molecule has 38 heavy (non-hydrogen) atoms. The van der Waals surface area contributed by atoms with Gasteiger partial charge in [-0.25, -0.2) is 4.79 Å². The van der Waals surface area contributed by atoms with Crippen molar-refractivity contribution in [2.24, 2.45) is 0 Å². The van der Waals surface area contributed by atoms with Crippen molar-refractivity contribution in [1.82, 2.24) is 20.0 Å². The van der Waals surface area contributed by atoms with Crippen LogP contribution in [0.4, 0.5) is 4.79 Å². The molecule has 0 radical (unpaired) electrons. The van der Waals surface area contributed by atoms with Crippen molar-refractivity contribution in [3.05, 3.63) is 96.1 Å². The number of nitrogens with one attached hydrogen (secondary N) is 1. The molecule has 3 aromatic rings. The van der Waals surface area contributed by atoms with E-state index in [0.717, 1.165) is 56.4 Å². The molecule has 0 aromatic heterocycles. The lowest BCUT2D eigenvalue weighted by atomic mass is 10.0. The Morgan fingerprint density at radius 3 is 2.18 bits per heavy atom. The molecule has 0 aliphatic carbocycles. The van der Waals surface area contributed by atoms with E-state index < -0.39 is 0 Å². The predicted molar refractivity (Wildman–Crippen MR) is 152 cm³/mol. The van der Waals surface area contributed by atoms with Gasteiger partial charge < -0.3 is 20.0 Å². The Morgan fingerprint density at radius 2 is 1.45 bits per heavy atom. The van der Waals surface area contributed by atoms with E-state index in [9.17, 15) is 9.59 Å². The van der Waals surface area contributed by atoms with E-state index in [4.69, 9.17) is 0 Å². The zero-order valence-electron chi connectivity index (χ0n) is 22.3. The molecular weight excluding hydrogens is 472 g/mol. The van der Waals surface area contributed by atoms with E-state index in [-0.39, 0.29) is 18.0 Å². The van der Waals surface area contributed by atoms with Crippen molar-refractivity contribution in [3.63, 3.8) is 0 Å². The summed E-state index contributed by atoms with van der Waals surface area (Å²) in [6.07, 6.45) is 3.97. The number of urea groups is 1. The third kappa shape index (κ3) is 6.25. The molecule has 6 nitrogen and oxygen atoms in total. The summed E-state index contributed by atoms with van der Waals surface area (Å²) in [4.78, 5) is 32.1. The smallest absolute Gasteiger partial charge is 0.320 e. The van der Waals surface area contributed by atoms with Crippen LogP contribution < -0.4 is 5.32 Å². The first kappa shape index (κ1) is 26.0. The molecule has 1 unspecified atom stereocenters. The largest absolute Gasteiger partial charge is 0.337 e. The summed E-state index contributed by atoms with van der Waals surface area (Å²) >= 11 is 0. The highest BCUT2D eigenvalue weighted by molar-refractivity contribution is 5.95. The number of hydrogen-bond donors (Lipinski definition) is 1. The van der Waals surface area contributed by atoms with Gasteiger partial charge in [0.2, 0.25) is 0 Å². The van der Waals surface area contributed by atoms with Gasteiger partial charge in [-0.15, -0.1) is 0 Å². The molecule has 2 aliphatic rings. The molecule has 6 heteroatoms. The van der Waals surface area contributed by atoms with Crippen molar-refractivity contribution in [3.8, 4) is 11.1 Å².